The molecule has 8 nitrogen and oxygen atoms in total. The highest BCUT2D eigenvalue weighted by Crippen LogP contribution is 2.35. The molecule has 162 valence electrons. The van der Waals surface area contributed by atoms with Crippen LogP contribution in [0.5, 0.6) is 0 Å². The van der Waals surface area contributed by atoms with E-state index in [9.17, 15) is 23.9 Å². The molecule has 2 aromatic heterocycles. The number of H-pyrrole nitrogens is 2. The molecule has 4 aromatic rings. The number of pyridine rings is 1. The summed E-state index contributed by atoms with van der Waals surface area (Å²) in [6.45, 7) is -0.0124. The van der Waals surface area contributed by atoms with Gasteiger partial charge >= 0.3 is 6.09 Å². The lowest BCUT2D eigenvalue weighted by molar-refractivity contribution is 0.0642. The number of hydrogen-bond donors (Lipinski definition) is 3. The van der Waals surface area contributed by atoms with Gasteiger partial charge in [-0.2, -0.15) is 0 Å². The van der Waals surface area contributed by atoms with Gasteiger partial charge in [-0.25, -0.2) is 9.18 Å². The molecule has 3 N–H and O–H groups in total. The summed E-state index contributed by atoms with van der Waals surface area (Å²) in [7, 11) is 1.59. The minimum atomic E-state index is -1.16. The average Bonchev–Trinajstić information content (AvgIpc) is 3.21. The average molecular weight is 434 g/mol. The number of aromatic nitrogens is 2. The number of para-hydroxylation sites is 1. The van der Waals surface area contributed by atoms with Gasteiger partial charge in [0.1, 0.15) is 11.5 Å². The SMILES string of the molecule is CN(C(=O)c1cc2ccccc2[nH]1)C1CN(C(=O)O)Cc2[nH]c(=O)c3cc(F)ccc3c21. The third-order valence-electron chi connectivity index (χ3n) is 6.00. The number of benzene rings is 2. The number of carbonyl (C=O) groups is 2. The summed E-state index contributed by atoms with van der Waals surface area (Å²) in [5.41, 5.74) is 1.68. The van der Waals surface area contributed by atoms with Crippen molar-refractivity contribution in [3.8, 4) is 0 Å². The number of aromatic amines is 2. The first-order valence-electron chi connectivity index (χ1n) is 10.0. The Labute approximate surface area is 180 Å². The van der Waals surface area contributed by atoms with E-state index < -0.39 is 23.5 Å². The summed E-state index contributed by atoms with van der Waals surface area (Å²) >= 11 is 0. The van der Waals surface area contributed by atoms with Crippen molar-refractivity contribution < 1.29 is 19.1 Å². The molecule has 1 aliphatic heterocycles. The van der Waals surface area contributed by atoms with Crippen molar-refractivity contribution in [2.24, 2.45) is 0 Å². The second kappa shape index (κ2) is 7.23. The molecular weight excluding hydrogens is 415 g/mol. The molecule has 0 bridgehead atoms. The van der Waals surface area contributed by atoms with Crippen molar-refractivity contribution in [3.05, 3.63) is 81.7 Å². The van der Waals surface area contributed by atoms with E-state index in [2.05, 4.69) is 9.97 Å². The number of rotatable bonds is 2. The van der Waals surface area contributed by atoms with Crippen LogP contribution in [0.4, 0.5) is 9.18 Å². The molecule has 2 amide bonds. The highest BCUT2D eigenvalue weighted by Gasteiger charge is 2.35. The van der Waals surface area contributed by atoms with Crippen molar-refractivity contribution >= 4 is 33.7 Å². The number of halogens is 1. The van der Waals surface area contributed by atoms with Gasteiger partial charge in [-0.1, -0.05) is 24.3 Å². The summed E-state index contributed by atoms with van der Waals surface area (Å²) < 4.78 is 13.8. The maximum Gasteiger partial charge on any atom is 0.407 e. The van der Waals surface area contributed by atoms with Gasteiger partial charge in [-0.05, 0) is 29.7 Å². The van der Waals surface area contributed by atoms with Crippen LogP contribution < -0.4 is 5.56 Å². The van der Waals surface area contributed by atoms with E-state index in [1.165, 1.54) is 17.0 Å². The Kier molecular flexibility index (Phi) is 4.47. The summed E-state index contributed by atoms with van der Waals surface area (Å²) in [4.78, 5) is 46.0. The predicted molar refractivity (Wildman–Crippen MR) is 116 cm³/mol. The van der Waals surface area contributed by atoms with E-state index in [1.54, 1.807) is 13.1 Å². The second-order valence-corrected chi connectivity index (χ2v) is 7.90. The molecule has 2 aromatic carbocycles. The quantitative estimate of drug-likeness (QED) is 0.449. The van der Waals surface area contributed by atoms with Gasteiger partial charge in [-0.3, -0.25) is 9.59 Å². The third-order valence-corrected chi connectivity index (χ3v) is 6.00. The molecule has 0 saturated carbocycles. The van der Waals surface area contributed by atoms with E-state index in [0.717, 1.165) is 21.9 Å². The highest BCUT2D eigenvalue weighted by molar-refractivity contribution is 5.98. The summed E-state index contributed by atoms with van der Waals surface area (Å²) in [5.74, 6) is -0.879. The van der Waals surface area contributed by atoms with Crippen molar-refractivity contribution in [3.63, 3.8) is 0 Å². The zero-order chi connectivity index (χ0) is 22.6. The highest BCUT2D eigenvalue weighted by atomic mass is 19.1. The fourth-order valence-electron chi connectivity index (χ4n) is 4.42. The van der Waals surface area contributed by atoms with Crippen molar-refractivity contribution in [2.75, 3.05) is 13.6 Å². The monoisotopic (exact) mass is 434 g/mol. The Balaban J connectivity index is 1.65. The predicted octanol–water partition coefficient (Wildman–Crippen LogP) is 3.46. The van der Waals surface area contributed by atoms with E-state index in [-0.39, 0.29) is 24.4 Å². The molecule has 32 heavy (non-hydrogen) atoms. The number of fused-ring (bicyclic) bond motifs is 4. The van der Waals surface area contributed by atoms with Gasteiger partial charge in [-0.15, -0.1) is 0 Å². The fourth-order valence-corrected chi connectivity index (χ4v) is 4.42. The number of amides is 2. The van der Waals surface area contributed by atoms with Gasteiger partial charge in [0.2, 0.25) is 0 Å². The number of carboxylic acid groups (broad SMARTS) is 1. The molecule has 5 rings (SSSR count). The molecule has 0 fully saturated rings. The van der Waals surface area contributed by atoms with Gasteiger partial charge < -0.3 is 24.9 Å². The van der Waals surface area contributed by atoms with E-state index in [4.69, 9.17) is 0 Å². The van der Waals surface area contributed by atoms with Crippen LogP contribution >= 0.6 is 0 Å². The van der Waals surface area contributed by atoms with Gasteiger partial charge in [0.25, 0.3) is 11.5 Å². The Bertz CT molecular complexity index is 1420. The molecule has 1 aliphatic rings. The Morgan fingerprint density at radius 2 is 1.91 bits per heavy atom. The molecule has 1 unspecified atom stereocenters. The maximum atomic E-state index is 13.8. The lowest BCUT2D eigenvalue weighted by atomic mass is 9.93. The first-order chi connectivity index (χ1) is 15.3. The molecular formula is C23H19FN4O4. The van der Waals surface area contributed by atoms with Crippen LogP contribution in [0.2, 0.25) is 0 Å². The van der Waals surface area contributed by atoms with Crippen LogP contribution in [0, 0.1) is 5.82 Å². The van der Waals surface area contributed by atoms with Crippen molar-refractivity contribution in [2.45, 2.75) is 12.6 Å². The van der Waals surface area contributed by atoms with E-state index >= 15 is 0 Å². The van der Waals surface area contributed by atoms with Crippen LogP contribution in [-0.4, -0.2) is 50.5 Å². The fraction of sp³-hybridized carbons (Fsp3) is 0.174. The lowest BCUT2D eigenvalue weighted by Crippen LogP contribution is -2.45. The molecule has 1 atom stereocenters. The number of hydrogen-bond acceptors (Lipinski definition) is 3. The Morgan fingerprint density at radius 3 is 2.66 bits per heavy atom. The summed E-state index contributed by atoms with van der Waals surface area (Å²) in [6, 6.07) is 12.4. The number of carbonyl (C=O) groups excluding carboxylic acids is 1. The Hall–Kier alpha value is -4.14. The third kappa shape index (κ3) is 3.09. The van der Waals surface area contributed by atoms with E-state index in [1.807, 2.05) is 24.3 Å². The van der Waals surface area contributed by atoms with Crippen LogP contribution in [0.1, 0.15) is 27.8 Å². The van der Waals surface area contributed by atoms with E-state index in [0.29, 0.717) is 22.3 Å². The molecule has 3 heterocycles. The van der Waals surface area contributed by atoms with Gasteiger partial charge in [0, 0.05) is 35.8 Å². The first-order valence-corrected chi connectivity index (χ1v) is 10.0. The van der Waals surface area contributed by atoms with Crippen LogP contribution in [0.15, 0.2) is 53.3 Å². The lowest BCUT2D eigenvalue weighted by Gasteiger charge is -2.38. The smallest absolute Gasteiger partial charge is 0.407 e. The number of nitrogens with one attached hydrogen (secondary N) is 2. The van der Waals surface area contributed by atoms with Crippen molar-refractivity contribution in [1.82, 2.24) is 19.8 Å². The number of likely N-dealkylation sites (N-methyl/N-ethyl adjacent to an activating group) is 1. The normalized spacial score (nSPS) is 15.7. The minimum absolute atomic E-state index is 0.0172. The molecule has 9 heteroatoms. The standard InChI is InChI=1S/C23H19FN4O4/c1-27(22(30)17-8-12-4-2-3-5-16(12)25-17)19-11-28(23(31)32)10-18-20(19)14-7-6-13(24)9-15(14)21(29)26-18/h2-9,19,25H,10-11H2,1H3,(H,26,29)(H,31,32). The van der Waals surface area contributed by atoms with Gasteiger partial charge in [0.15, 0.2) is 0 Å². The zero-order valence-electron chi connectivity index (χ0n) is 17.1. The molecule has 0 radical (unpaired) electrons. The minimum Gasteiger partial charge on any atom is -0.465 e. The van der Waals surface area contributed by atoms with Gasteiger partial charge in [0.05, 0.1) is 18.0 Å². The van der Waals surface area contributed by atoms with Crippen LogP contribution in [0.25, 0.3) is 21.7 Å². The summed E-state index contributed by atoms with van der Waals surface area (Å²) in [5, 5.41) is 11.1. The zero-order valence-corrected chi connectivity index (χ0v) is 17.1. The number of nitrogens with zero attached hydrogens (tertiary/aromatic N) is 2. The first kappa shape index (κ1) is 19.8. The summed E-state index contributed by atoms with van der Waals surface area (Å²) in [6.07, 6.45) is -1.16. The molecule has 0 saturated heterocycles. The maximum absolute atomic E-state index is 13.8. The van der Waals surface area contributed by atoms with Crippen LogP contribution in [-0.2, 0) is 6.54 Å². The molecule has 0 spiro atoms. The molecule has 0 aliphatic carbocycles. The van der Waals surface area contributed by atoms with Crippen LogP contribution in [0.3, 0.4) is 0 Å². The second-order valence-electron chi connectivity index (χ2n) is 7.90. The largest absolute Gasteiger partial charge is 0.465 e. The Morgan fingerprint density at radius 1 is 1.12 bits per heavy atom. The van der Waals surface area contributed by atoms with Crippen molar-refractivity contribution in [1.29, 1.82) is 0 Å². The topological polar surface area (TPSA) is 110 Å².